The number of alkyl halides is 3. The summed E-state index contributed by atoms with van der Waals surface area (Å²) in [5, 5.41) is 8.12. The fourth-order valence-corrected chi connectivity index (χ4v) is 2.21. The van der Waals surface area contributed by atoms with E-state index < -0.39 is 17.9 Å². The number of ether oxygens (including phenoxy) is 2. The molecule has 0 spiro atoms. The van der Waals surface area contributed by atoms with Crippen LogP contribution in [0.3, 0.4) is 0 Å². The summed E-state index contributed by atoms with van der Waals surface area (Å²) in [7, 11) is 0. The lowest BCUT2D eigenvalue weighted by Gasteiger charge is -2.18. The van der Waals surface area contributed by atoms with E-state index in [0.717, 1.165) is 5.56 Å². The average Bonchev–Trinajstić information content (AvgIpc) is 2.54. The van der Waals surface area contributed by atoms with Gasteiger partial charge < -0.3 is 14.6 Å². The summed E-state index contributed by atoms with van der Waals surface area (Å²) in [6, 6.07) is 7.21. The van der Waals surface area contributed by atoms with Crippen molar-refractivity contribution in [1.29, 1.82) is 0 Å². The van der Waals surface area contributed by atoms with E-state index in [9.17, 15) is 18.0 Å². The van der Waals surface area contributed by atoms with Crippen LogP contribution >= 0.6 is 0 Å². The molecule has 1 aliphatic heterocycles. The molecule has 4 nitrogen and oxygen atoms in total. The molecule has 0 unspecified atom stereocenters. The summed E-state index contributed by atoms with van der Waals surface area (Å²) in [6.45, 7) is 0.183. The van der Waals surface area contributed by atoms with Crippen LogP contribution in [0.1, 0.15) is 17.5 Å². The summed E-state index contributed by atoms with van der Waals surface area (Å²) in [5.74, 6) is 0.301. The Kier molecular flexibility index (Phi) is 5.68. The Labute approximate surface area is 136 Å². The molecule has 7 heteroatoms. The zero-order valence-electron chi connectivity index (χ0n) is 12.5. The highest BCUT2D eigenvalue weighted by atomic mass is 19.4. The lowest BCUT2D eigenvalue weighted by molar-refractivity contribution is -0.0931. The summed E-state index contributed by atoms with van der Waals surface area (Å²) >= 11 is 0. The number of carbonyl (C=O) groups is 1. The number of carboxylic acid groups (broad SMARTS) is 1. The molecule has 0 radical (unpaired) electrons. The van der Waals surface area contributed by atoms with Crippen molar-refractivity contribution in [3.8, 4) is 0 Å². The van der Waals surface area contributed by atoms with Gasteiger partial charge in [0.25, 0.3) is 0 Å². The maximum absolute atomic E-state index is 12.4. The molecule has 1 aromatic carbocycles. The number of fused-ring (bicyclic) bond motifs is 1. The second-order valence-electron chi connectivity index (χ2n) is 5.01. The van der Waals surface area contributed by atoms with Gasteiger partial charge in [0.1, 0.15) is 12.4 Å². The molecule has 1 aromatic rings. The highest BCUT2D eigenvalue weighted by molar-refractivity contribution is 5.60. The molecule has 3 rings (SSSR count). The minimum atomic E-state index is -4.17. The molecule has 1 aliphatic carbocycles. The highest BCUT2D eigenvalue weighted by Gasteiger charge is 2.34. The molecule has 128 valence electrons. The molecule has 0 saturated carbocycles. The molecule has 0 amide bonds. The van der Waals surface area contributed by atoms with E-state index in [2.05, 4.69) is 4.74 Å². The van der Waals surface area contributed by atoms with Gasteiger partial charge in [-0.15, -0.1) is 0 Å². The largest absolute Gasteiger partial charge is 0.511 e. The highest BCUT2D eigenvalue weighted by Crippen LogP contribution is 2.34. The topological polar surface area (TPSA) is 55.8 Å². The summed E-state index contributed by atoms with van der Waals surface area (Å²) in [4.78, 5) is 9.92. The monoisotopic (exact) mass is 340 g/mol. The van der Waals surface area contributed by atoms with Gasteiger partial charge in [-0.1, -0.05) is 24.3 Å². The standard InChI is InChI=1S/C11H9F3.C6H6O4/c12-11(13,14)10-6-5-8-3-1-2-4-9(8)7-10;7-6(8)10-5-2-1-3-9-4-5/h1-4,7H,5-6H2;1-3H,4H2,(H,7,8). The first-order valence-electron chi connectivity index (χ1n) is 7.10. The second kappa shape index (κ2) is 7.72. The predicted molar refractivity (Wildman–Crippen MR) is 81.1 cm³/mol. The Hall–Kier alpha value is -2.70. The molecule has 0 aromatic heterocycles. The Morgan fingerprint density at radius 1 is 1.21 bits per heavy atom. The minimum Gasteiger partial charge on any atom is -0.493 e. The van der Waals surface area contributed by atoms with Crippen molar-refractivity contribution in [3.63, 3.8) is 0 Å². The zero-order valence-corrected chi connectivity index (χ0v) is 12.5. The van der Waals surface area contributed by atoms with Crippen molar-refractivity contribution in [3.05, 3.63) is 65.1 Å². The van der Waals surface area contributed by atoms with Gasteiger partial charge in [-0.2, -0.15) is 13.2 Å². The van der Waals surface area contributed by atoms with Gasteiger partial charge in [0, 0.05) is 5.57 Å². The van der Waals surface area contributed by atoms with Crippen LogP contribution < -0.4 is 0 Å². The van der Waals surface area contributed by atoms with E-state index in [1.807, 2.05) is 12.1 Å². The number of halogens is 3. The first kappa shape index (κ1) is 17.7. The fraction of sp³-hybridized carbons (Fsp3) is 0.235. The third-order valence-corrected chi connectivity index (χ3v) is 3.31. The van der Waals surface area contributed by atoms with Crippen molar-refractivity contribution >= 4 is 12.2 Å². The Balaban J connectivity index is 0.000000185. The van der Waals surface area contributed by atoms with Gasteiger partial charge in [-0.05, 0) is 42.2 Å². The molecule has 1 heterocycles. The normalized spacial score (nSPS) is 15.8. The number of aryl methyl sites for hydroxylation is 1. The maximum atomic E-state index is 12.4. The van der Waals surface area contributed by atoms with Crippen molar-refractivity contribution < 1.29 is 32.5 Å². The third-order valence-electron chi connectivity index (χ3n) is 3.31. The quantitative estimate of drug-likeness (QED) is 0.754. The average molecular weight is 340 g/mol. The molecule has 0 fully saturated rings. The second-order valence-corrected chi connectivity index (χ2v) is 5.01. The fourth-order valence-electron chi connectivity index (χ4n) is 2.21. The van der Waals surface area contributed by atoms with E-state index in [1.165, 1.54) is 18.4 Å². The number of benzene rings is 1. The van der Waals surface area contributed by atoms with Crippen LogP contribution in [-0.4, -0.2) is 24.0 Å². The van der Waals surface area contributed by atoms with Gasteiger partial charge >= 0.3 is 12.3 Å². The molecular weight excluding hydrogens is 325 g/mol. The number of hydrogen-bond donors (Lipinski definition) is 1. The van der Waals surface area contributed by atoms with Crippen LogP contribution in [0.15, 0.2) is 54.0 Å². The van der Waals surface area contributed by atoms with Gasteiger partial charge in [0.2, 0.25) is 0 Å². The molecule has 0 atom stereocenters. The molecule has 1 N–H and O–H groups in total. The van der Waals surface area contributed by atoms with Crippen LogP contribution in [0.25, 0.3) is 6.08 Å². The van der Waals surface area contributed by atoms with Crippen molar-refractivity contribution in [2.45, 2.75) is 19.0 Å². The van der Waals surface area contributed by atoms with Crippen LogP contribution in [0.4, 0.5) is 18.0 Å². The van der Waals surface area contributed by atoms with E-state index in [-0.39, 0.29) is 13.0 Å². The summed E-state index contributed by atoms with van der Waals surface area (Å²) in [5.41, 5.74) is 1.28. The number of allylic oxidation sites excluding steroid dienone is 3. The van der Waals surface area contributed by atoms with Gasteiger partial charge in [-0.25, -0.2) is 4.79 Å². The zero-order chi connectivity index (χ0) is 17.6. The van der Waals surface area contributed by atoms with Crippen molar-refractivity contribution in [2.24, 2.45) is 0 Å². The van der Waals surface area contributed by atoms with E-state index in [1.54, 1.807) is 18.2 Å². The third kappa shape index (κ3) is 5.19. The molecule has 0 bridgehead atoms. The molecule has 2 aliphatic rings. The van der Waals surface area contributed by atoms with E-state index in [4.69, 9.17) is 9.84 Å². The van der Waals surface area contributed by atoms with E-state index in [0.29, 0.717) is 17.7 Å². The first-order chi connectivity index (χ1) is 11.4. The van der Waals surface area contributed by atoms with Crippen molar-refractivity contribution in [1.82, 2.24) is 0 Å². The minimum absolute atomic E-state index is 0.0977. The smallest absolute Gasteiger partial charge is 0.493 e. The first-order valence-corrected chi connectivity index (χ1v) is 7.10. The Bertz CT molecular complexity index is 687. The lowest BCUT2D eigenvalue weighted by atomic mass is 9.92. The van der Waals surface area contributed by atoms with Crippen LogP contribution in [0.5, 0.6) is 0 Å². The molecular formula is C17H15F3O4. The Morgan fingerprint density at radius 3 is 2.58 bits per heavy atom. The van der Waals surface area contributed by atoms with Crippen LogP contribution in [0, 0.1) is 0 Å². The summed E-state index contributed by atoms with van der Waals surface area (Å²) in [6.07, 6.45) is 0.924. The van der Waals surface area contributed by atoms with Gasteiger partial charge in [0.05, 0.1) is 6.26 Å². The van der Waals surface area contributed by atoms with Gasteiger partial charge in [-0.3, -0.25) is 0 Å². The SMILES string of the molecule is FC(F)(F)C1=Cc2ccccc2CC1.O=C(O)OC1=CC=COC1. The maximum Gasteiger partial charge on any atom is 0.511 e. The van der Waals surface area contributed by atoms with Crippen molar-refractivity contribution in [2.75, 3.05) is 6.61 Å². The predicted octanol–water partition coefficient (Wildman–Crippen LogP) is 4.69. The van der Waals surface area contributed by atoms with Crippen LogP contribution in [-0.2, 0) is 15.9 Å². The van der Waals surface area contributed by atoms with Gasteiger partial charge in [0.15, 0.2) is 0 Å². The summed E-state index contributed by atoms with van der Waals surface area (Å²) < 4.78 is 46.1. The number of rotatable bonds is 1. The van der Waals surface area contributed by atoms with E-state index >= 15 is 0 Å². The molecule has 24 heavy (non-hydrogen) atoms. The molecule has 0 saturated heterocycles. The van der Waals surface area contributed by atoms with Crippen LogP contribution in [0.2, 0.25) is 0 Å². The lowest BCUT2D eigenvalue weighted by Crippen LogP contribution is -2.15. The number of hydrogen-bond acceptors (Lipinski definition) is 3. The Morgan fingerprint density at radius 2 is 1.96 bits per heavy atom.